The Morgan fingerprint density at radius 2 is 1.72 bits per heavy atom. The van der Waals surface area contributed by atoms with Crippen LogP contribution in [0.4, 0.5) is 8.78 Å². The van der Waals surface area contributed by atoms with Gasteiger partial charge < -0.3 is 10.0 Å². The van der Waals surface area contributed by atoms with Gasteiger partial charge in [-0.1, -0.05) is 0 Å². The average Bonchev–Trinajstić information content (AvgIpc) is 3.29. The van der Waals surface area contributed by atoms with E-state index in [0.29, 0.717) is 32.4 Å². The zero-order chi connectivity index (χ0) is 18.4. The van der Waals surface area contributed by atoms with Gasteiger partial charge in [0.25, 0.3) is 5.91 Å². The maximum Gasteiger partial charge on any atom is 0.341 e. The summed E-state index contributed by atoms with van der Waals surface area (Å²) in [6, 6.07) is 4.45. The van der Waals surface area contributed by atoms with Crippen molar-refractivity contribution in [3.63, 3.8) is 0 Å². The number of amides is 1. The van der Waals surface area contributed by atoms with Crippen LogP contribution in [0.5, 0.6) is 0 Å². The van der Waals surface area contributed by atoms with Crippen molar-refractivity contribution in [3.8, 4) is 0 Å². The predicted octanol–water partition coefficient (Wildman–Crippen LogP) is 2.01. The third-order valence-corrected chi connectivity index (χ3v) is 6.60. The molecule has 6 nitrogen and oxygen atoms in total. The second-order valence-electron chi connectivity index (χ2n) is 6.58. The van der Waals surface area contributed by atoms with Gasteiger partial charge >= 0.3 is 11.7 Å². The number of aliphatic carboxylic acids is 1. The summed E-state index contributed by atoms with van der Waals surface area (Å²) in [7, 11) is -4.68. The van der Waals surface area contributed by atoms with Gasteiger partial charge in [-0.05, 0) is 48.9 Å². The first-order valence-corrected chi connectivity index (χ1v) is 9.36. The predicted molar refractivity (Wildman–Crippen MR) is 82.9 cm³/mol. The first-order chi connectivity index (χ1) is 11.7. The van der Waals surface area contributed by atoms with Crippen LogP contribution < -0.4 is 0 Å². The number of piperidine rings is 1. The van der Waals surface area contributed by atoms with Crippen molar-refractivity contribution in [1.82, 2.24) is 4.90 Å². The summed E-state index contributed by atoms with van der Waals surface area (Å²) in [5, 5.41) is 9.07. The highest BCUT2D eigenvalue weighted by atomic mass is 32.2. The Balaban J connectivity index is 1.66. The Bertz CT molecular complexity index is 798. The Morgan fingerprint density at radius 1 is 1.16 bits per heavy atom. The van der Waals surface area contributed by atoms with Crippen LogP contribution in [0.15, 0.2) is 29.2 Å². The van der Waals surface area contributed by atoms with E-state index in [1.54, 1.807) is 4.90 Å². The second kappa shape index (κ2) is 6.05. The smallest absolute Gasteiger partial charge is 0.341 e. The van der Waals surface area contributed by atoms with Crippen molar-refractivity contribution in [2.45, 2.75) is 29.9 Å². The summed E-state index contributed by atoms with van der Waals surface area (Å²) in [6.07, 6.45) is 1.88. The normalized spacial score (nSPS) is 22.2. The first-order valence-electron chi connectivity index (χ1n) is 7.82. The van der Waals surface area contributed by atoms with E-state index >= 15 is 0 Å². The summed E-state index contributed by atoms with van der Waals surface area (Å²) in [5.41, 5.74) is 0.0207. The summed E-state index contributed by atoms with van der Waals surface area (Å²) in [6.45, 7) is 0.861. The Morgan fingerprint density at radius 3 is 2.16 bits per heavy atom. The minimum atomic E-state index is -4.68. The molecule has 1 amide bonds. The van der Waals surface area contributed by atoms with E-state index in [1.807, 2.05) is 0 Å². The van der Waals surface area contributed by atoms with E-state index in [4.69, 9.17) is 5.11 Å². The topological polar surface area (TPSA) is 91.8 Å². The standard InChI is InChI=1S/C16H17F2NO5S/c17-15(18)25(23,24)11-3-1-10(2-4-11)13(20)19-7-5-16(6-8-19)9-12(16)14(21)22/h1-4,12,15H,5-9H2,(H,21,22). The SMILES string of the molecule is O=C(O)C1CC12CCN(C(=O)c1ccc(S(=O)(=O)C(F)F)cc1)CC2. The number of carbonyl (C=O) groups excluding carboxylic acids is 1. The van der Waals surface area contributed by atoms with Gasteiger partial charge in [0.1, 0.15) is 0 Å². The van der Waals surface area contributed by atoms with Crippen LogP contribution in [0.25, 0.3) is 0 Å². The molecule has 0 radical (unpaired) electrons. The number of carboxylic acid groups (broad SMARTS) is 1. The van der Waals surface area contributed by atoms with Gasteiger partial charge in [0.05, 0.1) is 10.8 Å². The summed E-state index contributed by atoms with van der Waals surface area (Å²) in [4.78, 5) is 24.6. The number of sulfone groups is 1. The number of halogens is 2. The number of benzene rings is 1. The molecular weight excluding hydrogens is 356 g/mol. The van der Waals surface area contributed by atoms with E-state index in [1.165, 1.54) is 12.1 Å². The molecule has 0 bridgehead atoms. The van der Waals surface area contributed by atoms with Gasteiger partial charge in [0.15, 0.2) is 0 Å². The zero-order valence-corrected chi connectivity index (χ0v) is 14.0. The molecule has 2 fully saturated rings. The van der Waals surface area contributed by atoms with E-state index in [2.05, 4.69) is 0 Å². The Labute approximate surface area is 143 Å². The van der Waals surface area contributed by atoms with Crippen LogP contribution in [0.2, 0.25) is 0 Å². The van der Waals surface area contributed by atoms with Crippen LogP contribution in [0.1, 0.15) is 29.6 Å². The van der Waals surface area contributed by atoms with Crippen molar-refractivity contribution in [3.05, 3.63) is 29.8 Å². The molecule has 1 aromatic rings. The first kappa shape index (κ1) is 17.8. The maximum atomic E-state index is 12.5. The third kappa shape index (κ3) is 3.12. The number of carbonyl (C=O) groups is 2. The lowest BCUT2D eigenvalue weighted by Gasteiger charge is -2.32. The van der Waals surface area contributed by atoms with Crippen LogP contribution in [0, 0.1) is 11.3 Å². The molecule has 1 aliphatic carbocycles. The van der Waals surface area contributed by atoms with Crippen LogP contribution in [-0.4, -0.2) is 49.1 Å². The third-order valence-electron chi connectivity index (χ3n) is 5.20. The molecule has 9 heteroatoms. The second-order valence-corrected chi connectivity index (χ2v) is 8.50. The van der Waals surface area contributed by atoms with E-state index in [0.717, 1.165) is 12.1 Å². The maximum absolute atomic E-state index is 12.5. The molecule has 1 atom stereocenters. The van der Waals surface area contributed by atoms with Gasteiger partial charge in [-0.25, -0.2) is 8.42 Å². The minimum Gasteiger partial charge on any atom is -0.481 e. The van der Waals surface area contributed by atoms with Crippen molar-refractivity contribution in [2.24, 2.45) is 11.3 Å². The van der Waals surface area contributed by atoms with Crippen LogP contribution >= 0.6 is 0 Å². The summed E-state index contributed by atoms with van der Waals surface area (Å²) in [5.74, 6) is -4.95. The van der Waals surface area contributed by atoms with Crippen LogP contribution in [-0.2, 0) is 14.6 Å². The highest BCUT2D eigenvalue weighted by molar-refractivity contribution is 7.91. The summed E-state index contributed by atoms with van der Waals surface area (Å²) >= 11 is 0. The molecule has 1 unspecified atom stereocenters. The summed E-state index contributed by atoms with van der Waals surface area (Å²) < 4.78 is 47.8. The zero-order valence-electron chi connectivity index (χ0n) is 13.2. The molecule has 3 rings (SSSR count). The van der Waals surface area contributed by atoms with Gasteiger partial charge in [-0.15, -0.1) is 0 Å². The molecule has 1 spiro atoms. The number of alkyl halides is 2. The number of rotatable bonds is 4. The van der Waals surface area contributed by atoms with Gasteiger partial charge in [0, 0.05) is 18.7 Å². The lowest BCUT2D eigenvalue weighted by atomic mass is 9.90. The lowest BCUT2D eigenvalue weighted by molar-refractivity contribution is -0.139. The molecule has 25 heavy (non-hydrogen) atoms. The number of carboxylic acids is 1. The monoisotopic (exact) mass is 373 g/mol. The molecule has 136 valence electrons. The fourth-order valence-corrected chi connectivity index (χ4v) is 4.20. The van der Waals surface area contributed by atoms with Crippen LogP contribution in [0.3, 0.4) is 0 Å². The molecule has 2 aliphatic rings. The number of hydrogen-bond donors (Lipinski definition) is 1. The van der Waals surface area contributed by atoms with Gasteiger partial charge in [0.2, 0.25) is 9.84 Å². The largest absolute Gasteiger partial charge is 0.481 e. The van der Waals surface area contributed by atoms with E-state index in [-0.39, 0.29) is 22.8 Å². The molecule has 1 heterocycles. The molecule has 1 aromatic carbocycles. The molecule has 1 aliphatic heterocycles. The molecule has 0 aromatic heterocycles. The highest BCUT2D eigenvalue weighted by Crippen LogP contribution is 2.59. The Kier molecular flexibility index (Phi) is 4.30. The number of likely N-dealkylation sites (tertiary alicyclic amines) is 1. The Hall–Kier alpha value is -2.03. The van der Waals surface area contributed by atoms with E-state index < -0.39 is 26.5 Å². The van der Waals surface area contributed by atoms with Gasteiger partial charge in [-0.2, -0.15) is 8.78 Å². The minimum absolute atomic E-state index is 0.197. The van der Waals surface area contributed by atoms with Crippen molar-refractivity contribution < 1.29 is 31.9 Å². The fraction of sp³-hybridized carbons (Fsp3) is 0.500. The molecular formula is C16H17F2NO5S. The molecule has 1 saturated heterocycles. The van der Waals surface area contributed by atoms with Crippen molar-refractivity contribution in [2.75, 3.05) is 13.1 Å². The van der Waals surface area contributed by atoms with Crippen molar-refractivity contribution >= 4 is 21.7 Å². The van der Waals surface area contributed by atoms with Gasteiger partial charge in [-0.3, -0.25) is 9.59 Å². The molecule has 1 N–H and O–H groups in total. The fourth-order valence-electron chi connectivity index (χ4n) is 3.48. The molecule has 1 saturated carbocycles. The van der Waals surface area contributed by atoms with Crippen molar-refractivity contribution in [1.29, 1.82) is 0 Å². The van der Waals surface area contributed by atoms with E-state index in [9.17, 15) is 26.8 Å². The lowest BCUT2D eigenvalue weighted by Crippen LogP contribution is -2.40. The average molecular weight is 373 g/mol. The number of nitrogens with zero attached hydrogens (tertiary/aromatic N) is 1. The quantitative estimate of drug-likeness (QED) is 0.872. The highest BCUT2D eigenvalue weighted by Gasteiger charge is 2.59. The number of hydrogen-bond acceptors (Lipinski definition) is 4.